The summed E-state index contributed by atoms with van der Waals surface area (Å²) in [6, 6.07) is 3.33. The van der Waals surface area contributed by atoms with Gasteiger partial charge in [-0.05, 0) is 37.0 Å². The molecule has 1 rings (SSSR count). The number of rotatable bonds is 8. The summed E-state index contributed by atoms with van der Waals surface area (Å²) in [6.07, 6.45) is 0.840. The van der Waals surface area contributed by atoms with E-state index in [1.165, 1.54) is 11.3 Å². The first-order chi connectivity index (χ1) is 8.49. The molecule has 0 bridgehead atoms. The first-order valence-corrected chi connectivity index (χ1v) is 9.34. The van der Waals surface area contributed by atoms with E-state index in [1.807, 2.05) is 18.7 Å². The molecule has 1 atom stereocenters. The maximum Gasteiger partial charge on any atom is 0.250 e. The number of hydrogen-bond donors (Lipinski definition) is 2. The molecule has 0 fully saturated rings. The van der Waals surface area contributed by atoms with Crippen LogP contribution in [-0.4, -0.2) is 26.0 Å². The summed E-state index contributed by atoms with van der Waals surface area (Å²) in [7, 11) is -3.38. The summed E-state index contributed by atoms with van der Waals surface area (Å²) in [5, 5.41) is 0. The van der Waals surface area contributed by atoms with Crippen LogP contribution in [0.5, 0.6) is 0 Å². The fourth-order valence-corrected chi connectivity index (χ4v) is 4.74. The van der Waals surface area contributed by atoms with Crippen LogP contribution < -0.4 is 10.5 Å². The molecule has 0 aliphatic heterocycles. The predicted molar refractivity (Wildman–Crippen MR) is 79.6 cm³/mol. The maximum absolute atomic E-state index is 12.1. The zero-order valence-corrected chi connectivity index (χ0v) is 13.1. The molecule has 1 aromatic rings. The number of thioether (sulfide) groups is 1. The van der Waals surface area contributed by atoms with Crippen LogP contribution in [-0.2, 0) is 16.6 Å². The van der Waals surface area contributed by atoms with Crippen LogP contribution in [0.3, 0.4) is 0 Å². The maximum atomic E-state index is 12.1. The first kappa shape index (κ1) is 16.0. The lowest BCUT2D eigenvalue weighted by molar-refractivity contribution is 0.559. The van der Waals surface area contributed by atoms with E-state index < -0.39 is 10.0 Å². The average molecular weight is 308 g/mol. The summed E-state index contributed by atoms with van der Waals surface area (Å²) in [4.78, 5) is 0.879. The van der Waals surface area contributed by atoms with Gasteiger partial charge in [-0.1, -0.05) is 6.92 Å². The molecule has 0 saturated carbocycles. The molecule has 0 amide bonds. The van der Waals surface area contributed by atoms with Gasteiger partial charge in [-0.15, -0.1) is 11.3 Å². The second-order valence-corrected chi connectivity index (χ2v) is 8.44. The minimum absolute atomic E-state index is 0.0440. The number of nitrogens with two attached hydrogens (primary N) is 1. The Morgan fingerprint density at radius 3 is 2.78 bits per heavy atom. The van der Waals surface area contributed by atoms with E-state index >= 15 is 0 Å². The molecule has 18 heavy (non-hydrogen) atoms. The topological polar surface area (TPSA) is 72.2 Å². The van der Waals surface area contributed by atoms with Crippen molar-refractivity contribution in [3.8, 4) is 0 Å². The monoisotopic (exact) mass is 308 g/mol. The summed E-state index contributed by atoms with van der Waals surface area (Å²) >= 11 is 3.05. The van der Waals surface area contributed by atoms with Crippen molar-refractivity contribution in [3.05, 3.63) is 17.0 Å². The molecule has 4 nitrogen and oxygen atoms in total. The molecule has 3 N–H and O–H groups in total. The number of hydrogen-bond acceptors (Lipinski definition) is 5. The fourth-order valence-electron chi connectivity index (χ4n) is 1.40. The first-order valence-electron chi connectivity index (χ1n) is 5.88. The van der Waals surface area contributed by atoms with Crippen LogP contribution in [0.4, 0.5) is 0 Å². The van der Waals surface area contributed by atoms with Gasteiger partial charge < -0.3 is 5.73 Å². The molecule has 1 heterocycles. The van der Waals surface area contributed by atoms with Crippen LogP contribution >= 0.6 is 23.1 Å². The van der Waals surface area contributed by atoms with Gasteiger partial charge in [0.1, 0.15) is 4.21 Å². The zero-order chi connectivity index (χ0) is 13.6. The molecule has 1 unspecified atom stereocenters. The highest BCUT2D eigenvalue weighted by Crippen LogP contribution is 2.21. The number of thiophene rings is 1. The Bertz CT molecular complexity index is 457. The molecule has 0 saturated heterocycles. The average Bonchev–Trinajstić information content (AvgIpc) is 2.78. The molecule has 1 aromatic heterocycles. The molecular weight excluding hydrogens is 288 g/mol. The Kier molecular flexibility index (Phi) is 6.65. The van der Waals surface area contributed by atoms with E-state index in [0.717, 1.165) is 22.8 Å². The number of nitrogens with one attached hydrogen (secondary N) is 1. The Labute approximate surface area is 117 Å². The molecule has 0 aliphatic rings. The highest BCUT2D eigenvalue weighted by molar-refractivity contribution is 7.99. The summed E-state index contributed by atoms with van der Waals surface area (Å²) in [6.45, 7) is 4.37. The lowest BCUT2D eigenvalue weighted by Gasteiger charge is -2.12. The van der Waals surface area contributed by atoms with Crippen LogP contribution in [0.2, 0.25) is 0 Å². The largest absolute Gasteiger partial charge is 0.326 e. The van der Waals surface area contributed by atoms with Crippen LogP contribution in [0.25, 0.3) is 0 Å². The molecular formula is C11H20N2O2S3. The Hall–Kier alpha value is -0.0800. The third-order valence-electron chi connectivity index (χ3n) is 2.36. The molecule has 104 valence electrons. The summed E-state index contributed by atoms with van der Waals surface area (Å²) in [5.41, 5.74) is 5.48. The van der Waals surface area contributed by atoms with Crippen molar-refractivity contribution in [1.82, 2.24) is 4.72 Å². The van der Waals surface area contributed by atoms with Gasteiger partial charge in [0, 0.05) is 17.5 Å². The predicted octanol–water partition coefficient (Wildman–Crippen LogP) is 2.02. The zero-order valence-electron chi connectivity index (χ0n) is 10.7. The van der Waals surface area contributed by atoms with Gasteiger partial charge in [-0.25, -0.2) is 13.1 Å². The van der Waals surface area contributed by atoms with Crippen molar-refractivity contribution in [2.45, 2.75) is 37.1 Å². The van der Waals surface area contributed by atoms with Gasteiger partial charge in [0.25, 0.3) is 0 Å². The van der Waals surface area contributed by atoms with E-state index in [0.29, 0.717) is 10.8 Å². The second kappa shape index (κ2) is 7.49. The number of sulfonamides is 1. The molecule has 0 aliphatic carbocycles. The summed E-state index contributed by atoms with van der Waals surface area (Å²) < 4.78 is 27.2. The minimum atomic E-state index is -3.38. The quantitative estimate of drug-likeness (QED) is 0.721. The van der Waals surface area contributed by atoms with Crippen molar-refractivity contribution in [2.24, 2.45) is 5.73 Å². The SMILES string of the molecule is CCSCCC(C)NS(=O)(=O)c1ccc(CN)s1. The molecule has 7 heteroatoms. The van der Waals surface area contributed by atoms with E-state index in [2.05, 4.69) is 11.6 Å². The lowest BCUT2D eigenvalue weighted by atomic mass is 10.3. The van der Waals surface area contributed by atoms with Crippen molar-refractivity contribution in [2.75, 3.05) is 11.5 Å². The molecule has 0 spiro atoms. The molecule has 0 radical (unpaired) electrons. The molecule has 0 aromatic carbocycles. The van der Waals surface area contributed by atoms with Gasteiger partial charge >= 0.3 is 0 Å². The van der Waals surface area contributed by atoms with Gasteiger partial charge in [-0.3, -0.25) is 0 Å². The van der Waals surface area contributed by atoms with Gasteiger partial charge in [0.05, 0.1) is 0 Å². The Morgan fingerprint density at radius 2 is 2.22 bits per heavy atom. The van der Waals surface area contributed by atoms with E-state index in [-0.39, 0.29) is 6.04 Å². The van der Waals surface area contributed by atoms with Crippen molar-refractivity contribution in [3.63, 3.8) is 0 Å². The highest BCUT2D eigenvalue weighted by atomic mass is 32.2. The standard InChI is InChI=1S/C11H20N2O2S3/c1-3-16-7-6-9(2)13-18(14,15)11-5-4-10(8-12)17-11/h4-5,9,13H,3,6-8,12H2,1-2H3. The van der Waals surface area contributed by atoms with Crippen LogP contribution in [0, 0.1) is 0 Å². The van der Waals surface area contributed by atoms with Gasteiger partial charge in [0.15, 0.2) is 0 Å². The van der Waals surface area contributed by atoms with Gasteiger partial charge in [0.2, 0.25) is 10.0 Å². The van der Waals surface area contributed by atoms with Crippen molar-refractivity contribution in [1.29, 1.82) is 0 Å². The minimum Gasteiger partial charge on any atom is -0.326 e. The highest BCUT2D eigenvalue weighted by Gasteiger charge is 2.19. The normalized spacial score (nSPS) is 13.7. The van der Waals surface area contributed by atoms with E-state index in [1.54, 1.807) is 12.1 Å². The fraction of sp³-hybridized carbons (Fsp3) is 0.636. The lowest BCUT2D eigenvalue weighted by Crippen LogP contribution is -2.32. The third kappa shape index (κ3) is 4.89. The van der Waals surface area contributed by atoms with Crippen molar-refractivity contribution < 1.29 is 8.42 Å². The van der Waals surface area contributed by atoms with Crippen LogP contribution in [0.15, 0.2) is 16.3 Å². The Morgan fingerprint density at radius 1 is 1.50 bits per heavy atom. The smallest absolute Gasteiger partial charge is 0.250 e. The van der Waals surface area contributed by atoms with Crippen LogP contribution in [0.1, 0.15) is 25.1 Å². The van der Waals surface area contributed by atoms with Crippen molar-refractivity contribution >= 4 is 33.1 Å². The second-order valence-electron chi connectivity index (χ2n) is 3.93. The van der Waals surface area contributed by atoms with E-state index in [4.69, 9.17) is 5.73 Å². The third-order valence-corrected chi connectivity index (χ3v) is 6.48. The van der Waals surface area contributed by atoms with E-state index in [9.17, 15) is 8.42 Å². The Balaban J connectivity index is 2.58. The summed E-state index contributed by atoms with van der Waals surface area (Å²) in [5.74, 6) is 2.03. The van der Waals surface area contributed by atoms with Gasteiger partial charge in [-0.2, -0.15) is 11.8 Å².